The van der Waals surface area contributed by atoms with E-state index in [4.69, 9.17) is 4.74 Å². The maximum atomic E-state index is 14.2. The van der Waals surface area contributed by atoms with Crippen LogP contribution in [0.1, 0.15) is 48.0 Å². The number of carbonyl (C=O) groups is 2. The van der Waals surface area contributed by atoms with Gasteiger partial charge in [0.25, 0.3) is 0 Å². The summed E-state index contributed by atoms with van der Waals surface area (Å²) in [7, 11) is 1.34. The Bertz CT molecular complexity index is 1330. The van der Waals surface area contributed by atoms with Gasteiger partial charge in [0.05, 0.1) is 7.11 Å². The number of methoxy groups -OCH3 is 1. The summed E-state index contributed by atoms with van der Waals surface area (Å²) >= 11 is 0. The van der Waals surface area contributed by atoms with E-state index in [2.05, 4.69) is 10.4 Å². The quantitative estimate of drug-likeness (QED) is 0.547. The highest BCUT2D eigenvalue weighted by Gasteiger charge is 2.33. The minimum absolute atomic E-state index is 0.118. The van der Waals surface area contributed by atoms with E-state index in [-0.39, 0.29) is 23.0 Å². The zero-order valence-electron chi connectivity index (χ0n) is 19.1. The van der Waals surface area contributed by atoms with Gasteiger partial charge in [-0.1, -0.05) is 25.3 Å². The Balaban J connectivity index is 1.85. The zero-order chi connectivity index (χ0) is 25.3. The second-order valence-corrected chi connectivity index (χ2v) is 8.24. The third-order valence-corrected chi connectivity index (χ3v) is 6.07. The van der Waals surface area contributed by atoms with Crippen LogP contribution in [0.2, 0.25) is 0 Å². The van der Waals surface area contributed by atoms with Crippen LogP contribution in [0.5, 0.6) is 5.75 Å². The number of benzene rings is 2. The molecule has 1 aliphatic carbocycles. The fourth-order valence-electron chi connectivity index (χ4n) is 4.36. The third-order valence-electron chi connectivity index (χ3n) is 6.07. The number of rotatable bonds is 5. The first-order valence-electron chi connectivity index (χ1n) is 11.0. The topological polar surface area (TPSA) is 120 Å². The van der Waals surface area contributed by atoms with Gasteiger partial charge in [0.15, 0.2) is 11.6 Å². The summed E-state index contributed by atoms with van der Waals surface area (Å²) in [5.74, 6) is -3.23. The number of carboxylic acid groups (broad SMARTS) is 1. The van der Waals surface area contributed by atoms with Crippen LogP contribution in [0.25, 0.3) is 5.69 Å². The molecule has 1 heterocycles. The maximum absolute atomic E-state index is 14.2. The highest BCUT2D eigenvalue weighted by molar-refractivity contribution is 5.98. The number of aromatic carboxylic acids is 1. The summed E-state index contributed by atoms with van der Waals surface area (Å²) in [6.07, 6.45) is 3.87. The van der Waals surface area contributed by atoms with Crippen molar-refractivity contribution < 1.29 is 28.2 Å². The Kier molecular flexibility index (Phi) is 6.63. The summed E-state index contributed by atoms with van der Waals surface area (Å²) in [6, 6.07) is 4.58. The number of anilines is 1. The lowest BCUT2D eigenvalue weighted by molar-refractivity contribution is 0.0693. The average molecular weight is 487 g/mol. The molecule has 184 valence electrons. The van der Waals surface area contributed by atoms with Gasteiger partial charge in [0, 0.05) is 11.7 Å². The Morgan fingerprint density at radius 2 is 1.77 bits per heavy atom. The molecule has 0 spiro atoms. The molecule has 12 heteroatoms. The minimum Gasteiger partial charge on any atom is -0.496 e. The van der Waals surface area contributed by atoms with Gasteiger partial charge in [-0.25, -0.2) is 23.2 Å². The summed E-state index contributed by atoms with van der Waals surface area (Å²) in [6.45, 7) is 1.68. The number of carbonyl (C=O) groups excluding carboxylic acids is 1. The van der Waals surface area contributed by atoms with Crippen LogP contribution < -0.4 is 15.3 Å². The van der Waals surface area contributed by atoms with Gasteiger partial charge in [-0.15, -0.1) is 4.68 Å². The lowest BCUT2D eigenvalue weighted by Gasteiger charge is -2.34. The molecular formula is C23H23F2N5O5. The molecular weight excluding hydrogens is 464 g/mol. The predicted molar refractivity (Wildman–Crippen MR) is 120 cm³/mol. The summed E-state index contributed by atoms with van der Waals surface area (Å²) in [5.41, 5.74) is -1.28. The maximum Gasteiger partial charge on any atom is 0.377 e. The smallest absolute Gasteiger partial charge is 0.377 e. The van der Waals surface area contributed by atoms with Gasteiger partial charge in [0.1, 0.15) is 17.0 Å². The largest absolute Gasteiger partial charge is 0.496 e. The lowest BCUT2D eigenvalue weighted by atomic mass is 9.93. The molecule has 1 amide bonds. The highest BCUT2D eigenvalue weighted by Crippen LogP contribution is 2.34. The molecule has 1 aliphatic rings. The Hall–Kier alpha value is -4.09. The molecule has 1 aromatic heterocycles. The monoisotopic (exact) mass is 487 g/mol. The van der Waals surface area contributed by atoms with Gasteiger partial charge in [-0.3, -0.25) is 4.90 Å². The molecule has 2 aromatic carbocycles. The van der Waals surface area contributed by atoms with E-state index in [1.807, 2.05) is 0 Å². The van der Waals surface area contributed by atoms with Crippen LogP contribution in [0, 0.1) is 18.6 Å². The molecule has 10 nitrogen and oxygen atoms in total. The van der Waals surface area contributed by atoms with Crippen molar-refractivity contribution in [3.05, 3.63) is 63.6 Å². The molecule has 0 unspecified atom stereocenters. The first-order valence-corrected chi connectivity index (χ1v) is 11.0. The number of hydrogen-bond donors (Lipinski definition) is 1. The molecule has 35 heavy (non-hydrogen) atoms. The molecule has 4 rings (SSSR count). The number of ether oxygens (including phenoxy) is 1. The zero-order valence-corrected chi connectivity index (χ0v) is 19.1. The first kappa shape index (κ1) is 24.0. The molecule has 3 aromatic rings. The van der Waals surface area contributed by atoms with Gasteiger partial charge >= 0.3 is 17.7 Å². The SMILES string of the molecule is COc1cc(C)c(N(C(=O)n2nnn(-c3c(F)cccc3F)c2=O)C2CCCCC2)cc1C(=O)O. The van der Waals surface area contributed by atoms with Crippen molar-refractivity contribution in [2.75, 3.05) is 12.0 Å². The van der Waals surface area contributed by atoms with Crippen LogP contribution >= 0.6 is 0 Å². The fourth-order valence-corrected chi connectivity index (χ4v) is 4.36. The van der Waals surface area contributed by atoms with Crippen molar-refractivity contribution in [1.82, 2.24) is 19.8 Å². The molecule has 1 saturated carbocycles. The minimum atomic E-state index is -1.25. The average Bonchev–Trinajstić information content (AvgIpc) is 3.21. The molecule has 0 saturated heterocycles. The van der Waals surface area contributed by atoms with Gasteiger partial charge in [-0.2, -0.15) is 4.68 Å². The molecule has 0 radical (unpaired) electrons. The normalized spacial score (nSPS) is 14.1. The van der Waals surface area contributed by atoms with Crippen LogP contribution in [0.15, 0.2) is 35.1 Å². The summed E-state index contributed by atoms with van der Waals surface area (Å²) in [5, 5.41) is 16.8. The van der Waals surface area contributed by atoms with E-state index in [9.17, 15) is 28.3 Å². The number of para-hydroxylation sites is 1. The van der Waals surface area contributed by atoms with Crippen molar-refractivity contribution >= 4 is 17.7 Å². The second-order valence-electron chi connectivity index (χ2n) is 8.24. The molecule has 0 atom stereocenters. The predicted octanol–water partition coefficient (Wildman–Crippen LogP) is 3.53. The third kappa shape index (κ3) is 4.38. The number of amides is 1. The van der Waals surface area contributed by atoms with E-state index in [1.165, 1.54) is 24.1 Å². The van der Waals surface area contributed by atoms with Crippen LogP contribution in [-0.2, 0) is 0 Å². The number of nitrogens with zero attached hydrogens (tertiary/aromatic N) is 5. The standard InChI is InChI=1S/C23H23F2N5O5/c1-13-11-19(35-2)15(21(31)32)12-18(13)28(14-7-4-3-5-8-14)22(33)30-23(34)29(26-27-30)20-16(24)9-6-10-17(20)25/h6,9-12,14H,3-5,7-8H2,1-2H3,(H,31,32). The molecule has 1 N–H and O–H groups in total. The number of aromatic nitrogens is 4. The van der Waals surface area contributed by atoms with Crippen molar-refractivity contribution in [2.45, 2.75) is 45.1 Å². The van der Waals surface area contributed by atoms with Crippen molar-refractivity contribution in [3.63, 3.8) is 0 Å². The number of hydrogen-bond acceptors (Lipinski definition) is 6. The van der Waals surface area contributed by atoms with Crippen LogP contribution in [0.3, 0.4) is 0 Å². The van der Waals surface area contributed by atoms with E-state index in [0.29, 0.717) is 27.8 Å². The number of tetrazole rings is 1. The van der Waals surface area contributed by atoms with Gasteiger partial charge in [0.2, 0.25) is 0 Å². The highest BCUT2D eigenvalue weighted by atomic mass is 19.1. The van der Waals surface area contributed by atoms with Gasteiger partial charge < -0.3 is 9.84 Å². The molecule has 0 bridgehead atoms. The number of aryl methyl sites for hydroxylation is 1. The van der Waals surface area contributed by atoms with E-state index >= 15 is 0 Å². The Labute approximate surface area is 198 Å². The van der Waals surface area contributed by atoms with Crippen molar-refractivity contribution in [1.29, 1.82) is 0 Å². The Morgan fingerprint density at radius 1 is 1.11 bits per heavy atom. The number of carboxylic acids is 1. The Morgan fingerprint density at radius 3 is 2.37 bits per heavy atom. The van der Waals surface area contributed by atoms with Crippen LogP contribution in [-0.4, -0.2) is 50.0 Å². The van der Waals surface area contributed by atoms with Crippen molar-refractivity contribution in [2.24, 2.45) is 0 Å². The summed E-state index contributed by atoms with van der Waals surface area (Å²) in [4.78, 5) is 39.8. The van der Waals surface area contributed by atoms with Crippen molar-refractivity contribution in [3.8, 4) is 11.4 Å². The fraction of sp³-hybridized carbons (Fsp3) is 0.348. The first-order chi connectivity index (χ1) is 16.7. The van der Waals surface area contributed by atoms with Gasteiger partial charge in [-0.05, 0) is 60.0 Å². The van der Waals surface area contributed by atoms with E-state index in [1.54, 1.807) is 6.92 Å². The second kappa shape index (κ2) is 9.65. The lowest BCUT2D eigenvalue weighted by Crippen LogP contribution is -2.47. The summed E-state index contributed by atoms with van der Waals surface area (Å²) < 4.78 is 34.5. The number of halogens is 2. The molecule has 1 fully saturated rings. The van der Waals surface area contributed by atoms with Crippen LogP contribution in [0.4, 0.5) is 19.3 Å². The van der Waals surface area contributed by atoms with E-state index < -0.39 is 35.0 Å². The van der Waals surface area contributed by atoms with E-state index in [0.717, 1.165) is 37.5 Å². The molecule has 0 aliphatic heterocycles.